The monoisotopic (exact) mass is 394 g/mol. The lowest BCUT2D eigenvalue weighted by atomic mass is 10.1. The quantitative estimate of drug-likeness (QED) is 0.844. The number of carbonyl (C=O) groups is 1. The fraction of sp³-hybridized carbons (Fsp3) is 0.421. The third-order valence-electron chi connectivity index (χ3n) is 4.75. The maximum absolute atomic E-state index is 13.3. The number of alkyl halides is 3. The summed E-state index contributed by atoms with van der Waals surface area (Å²) in [4.78, 5) is 30.6. The molecule has 1 aromatic carbocycles. The fourth-order valence-corrected chi connectivity index (χ4v) is 3.38. The second-order valence-electron chi connectivity index (χ2n) is 6.59. The van der Waals surface area contributed by atoms with Crippen molar-refractivity contribution < 1.29 is 18.0 Å². The largest absolute Gasteiger partial charge is 0.423 e. The molecule has 150 valence electrons. The standard InChI is InChI=1S/C19H21F3N4O2/c1-2-15(25-9-8-23-11-16(25)27)17-24-10-14(19(20,21)22)18(28)26(17)12-13-6-4-3-5-7-13/h3-7,10,15,23H,2,8-9,11-12H2,1H3. The van der Waals surface area contributed by atoms with Gasteiger partial charge in [0.05, 0.1) is 19.1 Å². The molecule has 1 aliphatic rings. The number of piperazine rings is 1. The van der Waals surface area contributed by atoms with E-state index in [0.29, 0.717) is 31.3 Å². The van der Waals surface area contributed by atoms with Gasteiger partial charge in [0.15, 0.2) is 0 Å². The van der Waals surface area contributed by atoms with Crippen LogP contribution < -0.4 is 10.9 Å². The highest BCUT2D eigenvalue weighted by Gasteiger charge is 2.37. The highest BCUT2D eigenvalue weighted by Crippen LogP contribution is 2.28. The number of halogens is 3. The molecule has 1 unspecified atom stereocenters. The predicted molar refractivity (Wildman–Crippen MR) is 96.7 cm³/mol. The van der Waals surface area contributed by atoms with Crippen LogP contribution in [0.2, 0.25) is 0 Å². The molecule has 3 rings (SSSR count). The molecule has 2 aromatic rings. The normalized spacial score (nSPS) is 16.3. The highest BCUT2D eigenvalue weighted by molar-refractivity contribution is 5.79. The molecule has 1 aromatic heterocycles. The Labute approximate surface area is 160 Å². The summed E-state index contributed by atoms with van der Waals surface area (Å²) in [5.41, 5.74) is -1.79. The van der Waals surface area contributed by atoms with Crippen molar-refractivity contribution in [1.82, 2.24) is 19.8 Å². The third-order valence-corrected chi connectivity index (χ3v) is 4.75. The molecule has 1 N–H and O–H groups in total. The van der Waals surface area contributed by atoms with E-state index in [9.17, 15) is 22.8 Å². The molecule has 0 radical (unpaired) electrons. The molecule has 1 amide bonds. The van der Waals surface area contributed by atoms with Crippen LogP contribution in [0.15, 0.2) is 41.3 Å². The van der Waals surface area contributed by atoms with E-state index in [-0.39, 0.29) is 24.8 Å². The Morgan fingerprint density at radius 1 is 1.21 bits per heavy atom. The predicted octanol–water partition coefficient (Wildman–Crippen LogP) is 2.19. The highest BCUT2D eigenvalue weighted by atomic mass is 19.4. The summed E-state index contributed by atoms with van der Waals surface area (Å²) in [6.45, 7) is 2.89. The van der Waals surface area contributed by atoms with Crippen LogP contribution >= 0.6 is 0 Å². The first-order valence-electron chi connectivity index (χ1n) is 9.04. The van der Waals surface area contributed by atoms with E-state index in [0.717, 1.165) is 4.57 Å². The number of benzene rings is 1. The van der Waals surface area contributed by atoms with Crippen LogP contribution in [0.1, 0.15) is 36.3 Å². The van der Waals surface area contributed by atoms with Crippen LogP contribution in [-0.2, 0) is 17.5 Å². The molecular formula is C19H21F3N4O2. The molecule has 9 heteroatoms. The summed E-state index contributed by atoms with van der Waals surface area (Å²) in [7, 11) is 0. The second-order valence-corrected chi connectivity index (χ2v) is 6.59. The Balaban J connectivity index is 2.12. The fourth-order valence-electron chi connectivity index (χ4n) is 3.38. The van der Waals surface area contributed by atoms with Crippen molar-refractivity contribution in [2.75, 3.05) is 19.6 Å². The minimum Gasteiger partial charge on any atom is -0.330 e. The molecule has 0 spiro atoms. The van der Waals surface area contributed by atoms with E-state index >= 15 is 0 Å². The molecule has 1 aliphatic heterocycles. The Kier molecular flexibility index (Phi) is 5.83. The molecule has 1 saturated heterocycles. The maximum atomic E-state index is 13.3. The number of nitrogens with zero attached hydrogens (tertiary/aromatic N) is 3. The van der Waals surface area contributed by atoms with Crippen LogP contribution in [-0.4, -0.2) is 40.0 Å². The van der Waals surface area contributed by atoms with E-state index in [4.69, 9.17) is 0 Å². The van der Waals surface area contributed by atoms with Gasteiger partial charge in [0.25, 0.3) is 5.56 Å². The molecule has 0 aliphatic carbocycles. The van der Waals surface area contributed by atoms with Gasteiger partial charge >= 0.3 is 6.18 Å². The van der Waals surface area contributed by atoms with E-state index in [1.807, 2.05) is 6.92 Å². The lowest BCUT2D eigenvalue weighted by Gasteiger charge is -2.35. The number of rotatable bonds is 5. The van der Waals surface area contributed by atoms with Crippen molar-refractivity contribution in [1.29, 1.82) is 0 Å². The summed E-state index contributed by atoms with van der Waals surface area (Å²) in [5.74, 6) is -0.00175. The molecule has 28 heavy (non-hydrogen) atoms. The van der Waals surface area contributed by atoms with Gasteiger partial charge in [0.1, 0.15) is 11.4 Å². The van der Waals surface area contributed by atoms with Crippen molar-refractivity contribution in [2.45, 2.75) is 32.1 Å². The van der Waals surface area contributed by atoms with Gasteiger partial charge in [-0.15, -0.1) is 0 Å². The van der Waals surface area contributed by atoms with Crippen molar-refractivity contribution in [3.05, 3.63) is 63.8 Å². The Morgan fingerprint density at radius 2 is 1.93 bits per heavy atom. The lowest BCUT2D eigenvalue weighted by molar-refractivity contribution is -0.139. The number of hydrogen-bond donors (Lipinski definition) is 1. The Morgan fingerprint density at radius 3 is 2.54 bits per heavy atom. The summed E-state index contributed by atoms with van der Waals surface area (Å²) in [5, 5.41) is 2.96. The van der Waals surface area contributed by atoms with Gasteiger partial charge < -0.3 is 10.2 Å². The number of amides is 1. The average Bonchev–Trinajstić information content (AvgIpc) is 2.66. The van der Waals surface area contributed by atoms with Gasteiger partial charge in [-0.05, 0) is 12.0 Å². The van der Waals surface area contributed by atoms with Crippen LogP contribution in [0.3, 0.4) is 0 Å². The number of hydrogen-bond acceptors (Lipinski definition) is 4. The molecular weight excluding hydrogens is 373 g/mol. The zero-order chi connectivity index (χ0) is 20.3. The first-order valence-corrected chi connectivity index (χ1v) is 9.04. The third kappa shape index (κ3) is 4.09. The van der Waals surface area contributed by atoms with Gasteiger partial charge in [-0.25, -0.2) is 4.98 Å². The number of carbonyl (C=O) groups excluding carboxylic acids is 1. The minimum absolute atomic E-state index is 0.0529. The van der Waals surface area contributed by atoms with E-state index < -0.39 is 23.3 Å². The van der Waals surface area contributed by atoms with E-state index in [1.54, 1.807) is 35.2 Å². The molecule has 1 atom stereocenters. The van der Waals surface area contributed by atoms with Crippen LogP contribution in [0.5, 0.6) is 0 Å². The van der Waals surface area contributed by atoms with Gasteiger partial charge in [0.2, 0.25) is 5.91 Å². The van der Waals surface area contributed by atoms with Crippen LogP contribution in [0.4, 0.5) is 13.2 Å². The topological polar surface area (TPSA) is 67.2 Å². The van der Waals surface area contributed by atoms with Crippen LogP contribution in [0, 0.1) is 0 Å². The van der Waals surface area contributed by atoms with Crippen molar-refractivity contribution in [3.63, 3.8) is 0 Å². The molecule has 0 saturated carbocycles. The SMILES string of the molecule is CCC(c1ncc(C(F)(F)F)c(=O)n1Cc1ccccc1)N1CCNCC1=O. The minimum atomic E-state index is -4.80. The summed E-state index contributed by atoms with van der Waals surface area (Å²) >= 11 is 0. The first-order chi connectivity index (χ1) is 13.3. The van der Waals surface area contributed by atoms with E-state index in [1.165, 1.54) is 0 Å². The summed E-state index contributed by atoms with van der Waals surface area (Å²) < 4.78 is 40.9. The average molecular weight is 394 g/mol. The zero-order valence-corrected chi connectivity index (χ0v) is 15.4. The summed E-state index contributed by atoms with van der Waals surface area (Å²) in [6, 6.07) is 8.16. The summed E-state index contributed by atoms with van der Waals surface area (Å²) in [6.07, 6.45) is -3.79. The van der Waals surface area contributed by atoms with Gasteiger partial charge in [-0.3, -0.25) is 14.2 Å². The van der Waals surface area contributed by atoms with Gasteiger partial charge in [-0.2, -0.15) is 13.2 Å². The van der Waals surface area contributed by atoms with Crippen molar-refractivity contribution in [2.24, 2.45) is 0 Å². The molecule has 6 nitrogen and oxygen atoms in total. The maximum Gasteiger partial charge on any atom is 0.423 e. The van der Waals surface area contributed by atoms with E-state index in [2.05, 4.69) is 10.3 Å². The number of aromatic nitrogens is 2. The number of nitrogens with one attached hydrogen (secondary N) is 1. The van der Waals surface area contributed by atoms with Crippen molar-refractivity contribution in [3.8, 4) is 0 Å². The lowest BCUT2D eigenvalue weighted by Crippen LogP contribution is -2.50. The molecule has 1 fully saturated rings. The van der Waals surface area contributed by atoms with Crippen molar-refractivity contribution >= 4 is 5.91 Å². The molecule has 0 bridgehead atoms. The zero-order valence-electron chi connectivity index (χ0n) is 15.4. The Hall–Kier alpha value is -2.68. The second kappa shape index (κ2) is 8.14. The Bertz CT molecular complexity index is 896. The van der Waals surface area contributed by atoms with Crippen LogP contribution in [0.25, 0.3) is 0 Å². The first kappa shape index (κ1) is 20.1. The molecule has 2 heterocycles. The van der Waals surface area contributed by atoms with Gasteiger partial charge in [0, 0.05) is 19.3 Å². The van der Waals surface area contributed by atoms with Gasteiger partial charge in [-0.1, -0.05) is 37.3 Å². The smallest absolute Gasteiger partial charge is 0.330 e.